The zero-order chi connectivity index (χ0) is 12.7. The number of aromatic hydroxyl groups is 1. The van der Waals surface area contributed by atoms with Crippen molar-refractivity contribution in [1.29, 1.82) is 0 Å². The summed E-state index contributed by atoms with van der Waals surface area (Å²) in [5, 5.41) is 21.4. The fourth-order valence-electron chi connectivity index (χ4n) is 1.62. The van der Waals surface area contributed by atoms with E-state index in [-0.39, 0.29) is 40.8 Å². The average Bonchev–Trinajstić information content (AvgIpc) is 2.93. The van der Waals surface area contributed by atoms with Crippen LogP contribution in [0.5, 0.6) is 5.75 Å². The molecule has 0 aliphatic carbocycles. The Labute approximate surface area is 144 Å². The molecule has 6 nitrogen and oxygen atoms in total. The van der Waals surface area contributed by atoms with Crippen LogP contribution in [0, 0.1) is 0 Å². The maximum absolute atomic E-state index is 10.7. The summed E-state index contributed by atoms with van der Waals surface area (Å²) in [5.41, 5.74) is 0.771. The van der Waals surface area contributed by atoms with Crippen LogP contribution >= 0.6 is 23.1 Å². The van der Waals surface area contributed by atoms with E-state index >= 15 is 0 Å². The zero-order valence-electron chi connectivity index (χ0n) is 10.5. The minimum absolute atomic E-state index is 0. The number of hydrogen-bond donors (Lipinski definition) is 1. The van der Waals surface area contributed by atoms with Gasteiger partial charge in [-0.05, 0) is 18.2 Å². The van der Waals surface area contributed by atoms with Crippen LogP contribution in [0.1, 0.15) is 5.01 Å². The molecule has 2 aromatic rings. The number of thiazole rings is 1. The maximum atomic E-state index is 10.7. The number of thioether (sulfide) groups is 1. The van der Waals surface area contributed by atoms with Crippen molar-refractivity contribution in [3.05, 3.63) is 23.2 Å². The van der Waals surface area contributed by atoms with Crippen molar-refractivity contribution in [3.63, 3.8) is 0 Å². The first-order chi connectivity index (χ1) is 8.63. The van der Waals surface area contributed by atoms with Crippen LogP contribution in [0.2, 0.25) is 0 Å². The quantitative estimate of drug-likeness (QED) is 0.585. The number of phenolic OH excluding ortho intramolecular Hbond substituents is 1. The van der Waals surface area contributed by atoms with E-state index < -0.39 is 12.0 Å². The number of phenols is 1. The molecule has 2 heterocycles. The van der Waals surface area contributed by atoms with Gasteiger partial charge < -0.3 is 20.5 Å². The van der Waals surface area contributed by atoms with Gasteiger partial charge >= 0.3 is 29.6 Å². The summed E-state index contributed by atoms with van der Waals surface area (Å²) in [5.74, 6) is -0.582. The van der Waals surface area contributed by atoms with E-state index in [0.717, 1.165) is 10.2 Å². The summed E-state index contributed by atoms with van der Waals surface area (Å²) in [6, 6.07) is 4.14. The maximum Gasteiger partial charge on any atom is 1.00 e. The molecular formula is C11H9N2NaO4S2. The summed E-state index contributed by atoms with van der Waals surface area (Å²) < 4.78 is 0.852. The monoisotopic (exact) mass is 320 g/mol. The number of carboxylic acids is 1. The number of aliphatic carboxylic acids is 1. The Kier molecular flexibility index (Phi) is 5.99. The molecule has 0 saturated carbocycles. The molecule has 0 fully saturated rings. The third kappa shape index (κ3) is 3.33. The van der Waals surface area contributed by atoms with Gasteiger partial charge in [-0.2, -0.15) is 0 Å². The van der Waals surface area contributed by atoms with E-state index in [9.17, 15) is 15.0 Å². The van der Waals surface area contributed by atoms with Crippen LogP contribution < -0.4 is 34.7 Å². The molecule has 1 aromatic carbocycles. The summed E-state index contributed by atoms with van der Waals surface area (Å²) in [4.78, 5) is 19.2. The number of rotatable bonds is 2. The first kappa shape index (κ1) is 17.4. The van der Waals surface area contributed by atoms with E-state index in [0.29, 0.717) is 15.8 Å². The van der Waals surface area contributed by atoms with Gasteiger partial charge in [-0.25, -0.2) is 4.98 Å². The predicted octanol–water partition coefficient (Wildman–Crippen LogP) is -3.21. The molecule has 0 saturated heterocycles. The largest absolute Gasteiger partial charge is 1.00 e. The van der Waals surface area contributed by atoms with Gasteiger partial charge in [0.05, 0.1) is 16.2 Å². The zero-order valence-corrected chi connectivity index (χ0v) is 14.1. The van der Waals surface area contributed by atoms with Gasteiger partial charge in [0.2, 0.25) is 0 Å². The van der Waals surface area contributed by atoms with Gasteiger partial charge in [0.1, 0.15) is 21.8 Å². The van der Waals surface area contributed by atoms with Gasteiger partial charge in [0, 0.05) is 5.75 Å². The third-order valence-corrected chi connectivity index (χ3v) is 4.69. The van der Waals surface area contributed by atoms with Gasteiger partial charge in [0.25, 0.3) is 0 Å². The Bertz CT molecular complexity index is 673. The molecule has 1 aromatic heterocycles. The van der Waals surface area contributed by atoms with Crippen LogP contribution in [-0.4, -0.2) is 38.4 Å². The molecule has 1 atom stereocenters. The molecule has 0 amide bonds. The second kappa shape index (κ2) is 6.88. The first-order valence-electron chi connectivity index (χ1n) is 5.15. The minimum atomic E-state index is -1.16. The number of fused-ring (bicyclic) bond motifs is 1. The fraction of sp³-hybridized carbons (Fsp3) is 0.182. The Hall–Kier alpha value is -0.640. The van der Waals surface area contributed by atoms with Crippen LogP contribution in [0.15, 0.2) is 23.2 Å². The number of benzene rings is 1. The first-order valence-corrected chi connectivity index (χ1v) is 6.95. The van der Waals surface area contributed by atoms with Crippen molar-refractivity contribution in [2.75, 3.05) is 5.75 Å². The predicted molar refractivity (Wildman–Crippen MR) is 72.7 cm³/mol. The second-order valence-electron chi connectivity index (χ2n) is 3.75. The van der Waals surface area contributed by atoms with E-state index in [1.54, 1.807) is 18.2 Å². The van der Waals surface area contributed by atoms with Gasteiger partial charge in [-0.1, -0.05) is 0 Å². The summed E-state index contributed by atoms with van der Waals surface area (Å²) in [7, 11) is 0. The molecule has 9 heteroatoms. The standard InChI is InChI=1S/C11H8N2O3S2.Na.H2O/c14-5-1-2-6-8(3-5)18-10(12-6)9-13-7(4-17-9)11(15)16;;/h1-3,7,14H,4H2,(H,15,16);;1H2/q;+1;/p-1/t7-;;/m1../s1. The van der Waals surface area contributed by atoms with E-state index in [2.05, 4.69) is 9.98 Å². The second-order valence-corrected chi connectivity index (χ2v) is 5.79. The summed E-state index contributed by atoms with van der Waals surface area (Å²) >= 11 is 2.75. The van der Waals surface area contributed by atoms with Crippen LogP contribution in [-0.2, 0) is 4.79 Å². The van der Waals surface area contributed by atoms with Crippen LogP contribution in [0.25, 0.3) is 10.2 Å². The number of hydrogen-bond acceptors (Lipinski definition) is 7. The van der Waals surface area contributed by atoms with E-state index in [1.165, 1.54) is 23.1 Å². The van der Waals surface area contributed by atoms with Gasteiger partial charge in [-0.3, -0.25) is 4.99 Å². The molecule has 0 radical (unpaired) electrons. The number of nitrogens with zero attached hydrogens (tertiary/aromatic N) is 2. The fourth-order valence-corrected chi connectivity index (χ4v) is 3.71. The van der Waals surface area contributed by atoms with Crippen LogP contribution in [0.3, 0.4) is 0 Å². The molecule has 1 aliphatic heterocycles. The third-order valence-electron chi connectivity index (χ3n) is 2.48. The van der Waals surface area contributed by atoms with Crippen molar-refractivity contribution < 1.29 is 50.0 Å². The minimum Gasteiger partial charge on any atom is -0.548 e. The van der Waals surface area contributed by atoms with Crippen molar-refractivity contribution in [2.24, 2.45) is 4.99 Å². The summed E-state index contributed by atoms with van der Waals surface area (Å²) in [6.07, 6.45) is 0. The molecule has 3 rings (SSSR count). The number of carboxylic acid groups (broad SMARTS) is 1. The number of carbonyl (C=O) groups is 1. The van der Waals surface area contributed by atoms with Gasteiger partial charge in [0.15, 0.2) is 0 Å². The molecule has 0 bridgehead atoms. The Morgan fingerprint density at radius 2 is 2.20 bits per heavy atom. The smallest absolute Gasteiger partial charge is 0.548 e. The molecule has 0 unspecified atom stereocenters. The van der Waals surface area contributed by atoms with Crippen molar-refractivity contribution in [1.82, 2.24) is 4.98 Å². The Morgan fingerprint density at radius 3 is 2.85 bits per heavy atom. The molecule has 20 heavy (non-hydrogen) atoms. The molecule has 100 valence electrons. The van der Waals surface area contributed by atoms with Crippen molar-refractivity contribution in [2.45, 2.75) is 6.04 Å². The molecule has 0 spiro atoms. The van der Waals surface area contributed by atoms with E-state index in [4.69, 9.17) is 0 Å². The van der Waals surface area contributed by atoms with Gasteiger partial charge in [-0.15, -0.1) is 23.1 Å². The number of aliphatic imine (C=N–C) groups is 1. The normalized spacial score (nSPS) is 17.2. The Morgan fingerprint density at radius 1 is 1.45 bits per heavy atom. The number of aromatic nitrogens is 1. The average molecular weight is 320 g/mol. The summed E-state index contributed by atoms with van der Waals surface area (Å²) in [6.45, 7) is 0. The van der Waals surface area contributed by atoms with Crippen LogP contribution in [0.4, 0.5) is 0 Å². The Balaban J connectivity index is 0.000001000. The molecular weight excluding hydrogens is 311 g/mol. The topological polar surface area (TPSA) is 117 Å². The van der Waals surface area contributed by atoms with Crippen molar-refractivity contribution >= 4 is 44.3 Å². The molecule has 1 aliphatic rings. The number of carbonyl (C=O) groups excluding carboxylic acids is 1. The molecule has 3 N–H and O–H groups in total. The van der Waals surface area contributed by atoms with Crippen molar-refractivity contribution in [3.8, 4) is 5.75 Å². The van der Waals surface area contributed by atoms with E-state index in [1.807, 2.05) is 0 Å². The SMILES string of the molecule is O.O=C([O-])[C@H]1CSC(c2nc3ccc(O)cc3s2)=N1.[Na+].